The standard InChI is InChI=1S/C19H24N2O4S/c1-20(2)26(23,24)21-10-4-5-17(13-21)19(22)16-7-6-15-12-18(25-3)9-8-14(15)11-16/h6-9,11-12,17H,4-5,10,13H2,1-3H3/t17-/m1/s1. The van der Waals surface area contributed by atoms with Crippen molar-refractivity contribution in [3.8, 4) is 5.75 Å². The number of hydrogen-bond donors (Lipinski definition) is 0. The number of hydrogen-bond acceptors (Lipinski definition) is 4. The van der Waals surface area contributed by atoms with Crippen molar-refractivity contribution < 1.29 is 17.9 Å². The van der Waals surface area contributed by atoms with Crippen molar-refractivity contribution in [2.75, 3.05) is 34.3 Å². The normalized spacial score (nSPS) is 19.0. The number of carbonyl (C=O) groups is 1. The molecule has 26 heavy (non-hydrogen) atoms. The highest BCUT2D eigenvalue weighted by Gasteiger charge is 2.33. The highest BCUT2D eigenvalue weighted by atomic mass is 32.2. The molecule has 0 aliphatic carbocycles. The van der Waals surface area contributed by atoms with Crippen LogP contribution in [0.1, 0.15) is 23.2 Å². The van der Waals surface area contributed by atoms with E-state index in [0.29, 0.717) is 24.9 Å². The topological polar surface area (TPSA) is 66.9 Å². The number of rotatable bonds is 5. The molecule has 7 heteroatoms. The van der Waals surface area contributed by atoms with Gasteiger partial charge in [0.05, 0.1) is 7.11 Å². The smallest absolute Gasteiger partial charge is 0.281 e. The number of ketones is 1. The maximum Gasteiger partial charge on any atom is 0.281 e. The molecular formula is C19H24N2O4S. The third-order valence-electron chi connectivity index (χ3n) is 4.87. The molecule has 140 valence electrons. The maximum absolute atomic E-state index is 12.9. The zero-order valence-electron chi connectivity index (χ0n) is 15.3. The molecule has 0 amide bonds. The fourth-order valence-corrected chi connectivity index (χ4v) is 4.53. The fraction of sp³-hybridized carbons (Fsp3) is 0.421. The Kier molecular flexibility index (Phi) is 5.32. The highest BCUT2D eigenvalue weighted by Crippen LogP contribution is 2.26. The first-order valence-corrected chi connectivity index (χ1v) is 10.0. The summed E-state index contributed by atoms with van der Waals surface area (Å²) in [6.07, 6.45) is 1.40. The van der Waals surface area contributed by atoms with Crippen LogP contribution in [0.15, 0.2) is 36.4 Å². The summed E-state index contributed by atoms with van der Waals surface area (Å²) in [6, 6.07) is 11.3. The summed E-state index contributed by atoms with van der Waals surface area (Å²) < 4.78 is 32.5. The minimum atomic E-state index is -3.49. The van der Waals surface area contributed by atoms with E-state index in [1.54, 1.807) is 7.11 Å². The molecule has 0 aromatic heterocycles. The molecule has 1 saturated heterocycles. The largest absolute Gasteiger partial charge is 0.497 e. The Labute approximate surface area is 154 Å². The lowest BCUT2D eigenvalue weighted by Gasteiger charge is -2.32. The number of nitrogens with zero attached hydrogens (tertiary/aromatic N) is 2. The second kappa shape index (κ2) is 7.34. The summed E-state index contributed by atoms with van der Waals surface area (Å²) in [7, 11) is 1.15. The van der Waals surface area contributed by atoms with Gasteiger partial charge < -0.3 is 4.74 Å². The van der Waals surface area contributed by atoms with E-state index in [-0.39, 0.29) is 18.2 Å². The van der Waals surface area contributed by atoms with E-state index in [1.165, 1.54) is 22.7 Å². The zero-order valence-corrected chi connectivity index (χ0v) is 16.1. The van der Waals surface area contributed by atoms with Gasteiger partial charge in [-0.3, -0.25) is 4.79 Å². The molecule has 0 spiro atoms. The van der Waals surface area contributed by atoms with E-state index in [4.69, 9.17) is 4.74 Å². The lowest BCUT2D eigenvalue weighted by atomic mass is 9.90. The zero-order chi connectivity index (χ0) is 18.9. The van der Waals surface area contributed by atoms with E-state index < -0.39 is 10.2 Å². The van der Waals surface area contributed by atoms with Crippen molar-refractivity contribution in [2.45, 2.75) is 12.8 Å². The lowest BCUT2D eigenvalue weighted by molar-refractivity contribution is 0.0870. The van der Waals surface area contributed by atoms with Crippen LogP contribution in [0.2, 0.25) is 0 Å². The maximum atomic E-state index is 12.9. The van der Waals surface area contributed by atoms with Crippen molar-refractivity contribution in [2.24, 2.45) is 5.92 Å². The number of fused-ring (bicyclic) bond motifs is 1. The van der Waals surface area contributed by atoms with Gasteiger partial charge >= 0.3 is 0 Å². The van der Waals surface area contributed by atoms with Crippen LogP contribution >= 0.6 is 0 Å². The van der Waals surface area contributed by atoms with Gasteiger partial charge in [-0.1, -0.05) is 18.2 Å². The first kappa shape index (κ1) is 18.8. The second-order valence-corrected chi connectivity index (χ2v) is 8.92. The van der Waals surface area contributed by atoms with Gasteiger partial charge in [0.2, 0.25) is 0 Å². The van der Waals surface area contributed by atoms with E-state index in [9.17, 15) is 13.2 Å². The molecule has 6 nitrogen and oxygen atoms in total. The monoisotopic (exact) mass is 376 g/mol. The molecular weight excluding hydrogens is 352 g/mol. The molecule has 1 fully saturated rings. The van der Waals surface area contributed by atoms with Gasteiger partial charge in [0.15, 0.2) is 5.78 Å². The molecule has 2 aromatic carbocycles. The Morgan fingerprint density at radius 3 is 2.54 bits per heavy atom. The molecule has 0 bridgehead atoms. The molecule has 0 unspecified atom stereocenters. The summed E-state index contributed by atoms with van der Waals surface area (Å²) in [4.78, 5) is 12.9. The predicted octanol–water partition coefficient (Wildman–Crippen LogP) is 2.55. The summed E-state index contributed by atoms with van der Waals surface area (Å²) in [5, 5.41) is 1.96. The van der Waals surface area contributed by atoms with Crippen LogP contribution in [-0.4, -0.2) is 57.1 Å². The van der Waals surface area contributed by atoms with Crippen molar-refractivity contribution >= 4 is 26.8 Å². The van der Waals surface area contributed by atoms with Gasteiger partial charge in [0, 0.05) is 38.7 Å². The van der Waals surface area contributed by atoms with E-state index in [1.807, 2.05) is 36.4 Å². The minimum absolute atomic E-state index is 0.00127. The summed E-state index contributed by atoms with van der Waals surface area (Å²) in [5.41, 5.74) is 0.622. The van der Waals surface area contributed by atoms with Crippen molar-refractivity contribution in [1.29, 1.82) is 0 Å². The summed E-state index contributed by atoms with van der Waals surface area (Å²) >= 11 is 0. The average Bonchev–Trinajstić information content (AvgIpc) is 2.66. The SMILES string of the molecule is COc1ccc2cc(C(=O)[C@@H]3CCCN(S(=O)(=O)N(C)C)C3)ccc2c1. The third kappa shape index (κ3) is 3.60. The highest BCUT2D eigenvalue weighted by molar-refractivity contribution is 7.86. The fourth-order valence-electron chi connectivity index (χ4n) is 3.34. The quantitative estimate of drug-likeness (QED) is 0.752. The molecule has 1 heterocycles. The van der Waals surface area contributed by atoms with Gasteiger partial charge in [0.1, 0.15) is 5.75 Å². The number of Topliss-reactive ketones (excluding diaryl/α,β-unsaturated/α-hetero) is 1. The molecule has 0 saturated carbocycles. The number of ether oxygens (including phenoxy) is 1. The van der Waals surface area contributed by atoms with Crippen molar-refractivity contribution in [3.63, 3.8) is 0 Å². The van der Waals surface area contributed by atoms with Crippen LogP contribution in [0, 0.1) is 5.92 Å². The van der Waals surface area contributed by atoms with E-state index >= 15 is 0 Å². The molecule has 1 atom stereocenters. The van der Waals surface area contributed by atoms with Gasteiger partial charge in [-0.05, 0) is 41.8 Å². The Morgan fingerprint density at radius 1 is 1.15 bits per heavy atom. The number of piperidine rings is 1. The summed E-state index contributed by atoms with van der Waals surface area (Å²) in [6.45, 7) is 0.696. The molecule has 0 N–H and O–H groups in total. The first-order valence-electron chi connectivity index (χ1n) is 8.62. The molecule has 2 aromatic rings. The van der Waals surface area contributed by atoms with Gasteiger partial charge in [-0.15, -0.1) is 0 Å². The molecule has 1 aliphatic rings. The predicted molar refractivity (Wildman–Crippen MR) is 102 cm³/mol. The summed E-state index contributed by atoms with van der Waals surface area (Å²) in [5.74, 6) is 0.462. The van der Waals surface area contributed by atoms with Crippen molar-refractivity contribution in [1.82, 2.24) is 8.61 Å². The van der Waals surface area contributed by atoms with Crippen LogP contribution in [0.5, 0.6) is 5.75 Å². The molecule has 3 rings (SSSR count). The third-order valence-corrected chi connectivity index (χ3v) is 6.78. The molecule has 0 radical (unpaired) electrons. The first-order chi connectivity index (χ1) is 12.3. The van der Waals surface area contributed by atoms with E-state index in [2.05, 4.69) is 0 Å². The molecule has 1 aliphatic heterocycles. The Hall–Kier alpha value is -1.96. The Morgan fingerprint density at radius 2 is 1.85 bits per heavy atom. The second-order valence-electron chi connectivity index (χ2n) is 6.78. The lowest BCUT2D eigenvalue weighted by Crippen LogP contribution is -2.46. The Bertz CT molecular complexity index is 924. The van der Waals surface area contributed by atoms with Crippen LogP contribution in [0.25, 0.3) is 10.8 Å². The van der Waals surface area contributed by atoms with Crippen LogP contribution in [0.3, 0.4) is 0 Å². The number of benzene rings is 2. The van der Waals surface area contributed by atoms with E-state index in [0.717, 1.165) is 16.5 Å². The van der Waals surface area contributed by atoms with Gasteiger partial charge in [0.25, 0.3) is 10.2 Å². The number of methoxy groups -OCH3 is 1. The van der Waals surface area contributed by atoms with Crippen LogP contribution in [-0.2, 0) is 10.2 Å². The van der Waals surface area contributed by atoms with Crippen LogP contribution < -0.4 is 4.74 Å². The minimum Gasteiger partial charge on any atom is -0.497 e. The van der Waals surface area contributed by atoms with Gasteiger partial charge in [-0.2, -0.15) is 17.0 Å². The van der Waals surface area contributed by atoms with Gasteiger partial charge in [-0.25, -0.2) is 0 Å². The number of carbonyl (C=O) groups excluding carboxylic acids is 1. The van der Waals surface area contributed by atoms with Crippen molar-refractivity contribution in [3.05, 3.63) is 42.0 Å². The Balaban J connectivity index is 1.83. The van der Waals surface area contributed by atoms with Crippen LogP contribution in [0.4, 0.5) is 0 Å². The average molecular weight is 376 g/mol.